The van der Waals surface area contributed by atoms with E-state index in [0.29, 0.717) is 37.4 Å². The summed E-state index contributed by atoms with van der Waals surface area (Å²) in [6.07, 6.45) is 8.56. The van der Waals surface area contributed by atoms with Crippen molar-refractivity contribution in [3.63, 3.8) is 0 Å². The van der Waals surface area contributed by atoms with Crippen LogP contribution in [0.15, 0.2) is 35.7 Å². The number of hydrogen-bond donors (Lipinski definition) is 0. The maximum Gasteiger partial charge on any atom is 0.242 e. The molecule has 0 saturated heterocycles. The van der Waals surface area contributed by atoms with Gasteiger partial charge in [-0.25, -0.2) is 0 Å². The number of rotatable bonds is 13. The van der Waals surface area contributed by atoms with E-state index in [2.05, 4.69) is 13.0 Å². The summed E-state index contributed by atoms with van der Waals surface area (Å²) in [4.78, 5) is 31.7. The fourth-order valence-electron chi connectivity index (χ4n) is 4.71. The molecule has 1 aromatic carbocycles. The van der Waals surface area contributed by atoms with Gasteiger partial charge in [0.05, 0.1) is 20.8 Å². The first-order chi connectivity index (χ1) is 17.0. The Morgan fingerprint density at radius 1 is 1.03 bits per heavy atom. The number of benzene rings is 1. The van der Waals surface area contributed by atoms with Gasteiger partial charge in [-0.2, -0.15) is 0 Å². The normalized spacial score (nSPS) is 13.9. The Kier molecular flexibility index (Phi) is 10.9. The molecule has 1 heterocycles. The first-order valence-corrected chi connectivity index (χ1v) is 13.7. The SMILES string of the molecule is CCCCC(=O)N(CC(=O)N(CCc1ccc(OC)c(OC)c1)Cc1cccs1)C1CCCCC1. The third-order valence-electron chi connectivity index (χ3n) is 6.78. The molecule has 1 aliphatic rings. The minimum atomic E-state index is 0.0225. The molecule has 3 rings (SSSR count). The Balaban J connectivity index is 1.74. The lowest BCUT2D eigenvalue weighted by atomic mass is 9.93. The van der Waals surface area contributed by atoms with E-state index in [1.165, 1.54) is 6.42 Å². The van der Waals surface area contributed by atoms with Crippen LogP contribution in [0.1, 0.15) is 68.7 Å². The highest BCUT2D eigenvalue weighted by molar-refractivity contribution is 7.09. The average Bonchev–Trinajstić information content (AvgIpc) is 3.41. The number of amides is 2. The van der Waals surface area contributed by atoms with E-state index in [1.54, 1.807) is 25.6 Å². The molecular formula is C28H40N2O4S. The van der Waals surface area contributed by atoms with Crippen LogP contribution in [0.4, 0.5) is 0 Å². The molecule has 1 fully saturated rings. The van der Waals surface area contributed by atoms with Crippen LogP contribution in [-0.2, 0) is 22.6 Å². The van der Waals surface area contributed by atoms with E-state index in [9.17, 15) is 9.59 Å². The van der Waals surface area contributed by atoms with Crippen LogP contribution in [0.2, 0.25) is 0 Å². The zero-order chi connectivity index (χ0) is 25.0. The molecule has 0 radical (unpaired) electrons. The molecule has 0 spiro atoms. The van der Waals surface area contributed by atoms with E-state index in [4.69, 9.17) is 9.47 Å². The number of carbonyl (C=O) groups is 2. The van der Waals surface area contributed by atoms with Gasteiger partial charge in [-0.1, -0.05) is 44.7 Å². The molecule has 7 heteroatoms. The van der Waals surface area contributed by atoms with Crippen molar-refractivity contribution in [1.29, 1.82) is 0 Å². The third kappa shape index (κ3) is 7.99. The predicted molar refractivity (Wildman–Crippen MR) is 141 cm³/mol. The number of ether oxygens (including phenoxy) is 2. The molecule has 1 aliphatic carbocycles. The molecule has 2 aromatic rings. The Morgan fingerprint density at radius 2 is 1.80 bits per heavy atom. The lowest BCUT2D eigenvalue weighted by Gasteiger charge is -2.35. The predicted octanol–water partition coefficient (Wildman–Crippen LogP) is 5.69. The Labute approximate surface area is 214 Å². The largest absolute Gasteiger partial charge is 0.493 e. The van der Waals surface area contributed by atoms with Gasteiger partial charge in [-0.15, -0.1) is 11.3 Å². The number of nitrogens with zero attached hydrogens (tertiary/aromatic N) is 2. The summed E-state index contributed by atoms with van der Waals surface area (Å²) in [5, 5.41) is 2.04. The van der Waals surface area contributed by atoms with Gasteiger partial charge in [0.15, 0.2) is 11.5 Å². The van der Waals surface area contributed by atoms with Crippen molar-refractivity contribution in [2.24, 2.45) is 0 Å². The number of hydrogen-bond acceptors (Lipinski definition) is 5. The smallest absolute Gasteiger partial charge is 0.242 e. The van der Waals surface area contributed by atoms with Crippen molar-refractivity contribution in [3.05, 3.63) is 46.2 Å². The highest BCUT2D eigenvalue weighted by atomic mass is 32.1. The van der Waals surface area contributed by atoms with Gasteiger partial charge in [0.25, 0.3) is 0 Å². The monoisotopic (exact) mass is 500 g/mol. The van der Waals surface area contributed by atoms with Crippen LogP contribution in [0.5, 0.6) is 11.5 Å². The lowest BCUT2D eigenvalue weighted by Crippen LogP contribution is -2.48. The minimum Gasteiger partial charge on any atom is -0.493 e. The second-order valence-corrected chi connectivity index (χ2v) is 10.3. The van der Waals surface area contributed by atoms with Crippen LogP contribution < -0.4 is 9.47 Å². The van der Waals surface area contributed by atoms with Crippen molar-refractivity contribution in [3.8, 4) is 11.5 Å². The molecule has 0 unspecified atom stereocenters. The molecule has 6 nitrogen and oxygen atoms in total. The zero-order valence-corrected chi connectivity index (χ0v) is 22.3. The number of methoxy groups -OCH3 is 2. The van der Waals surface area contributed by atoms with Crippen molar-refractivity contribution in [2.45, 2.75) is 77.3 Å². The fraction of sp³-hybridized carbons (Fsp3) is 0.571. The van der Waals surface area contributed by atoms with Crippen LogP contribution in [0.25, 0.3) is 0 Å². The van der Waals surface area contributed by atoms with Crippen LogP contribution in [0, 0.1) is 0 Å². The molecule has 1 aromatic heterocycles. The summed E-state index contributed by atoms with van der Waals surface area (Å²) in [6, 6.07) is 10.1. The Hall–Kier alpha value is -2.54. The van der Waals surface area contributed by atoms with Gasteiger partial charge < -0.3 is 19.3 Å². The second kappa shape index (κ2) is 14.1. The maximum absolute atomic E-state index is 13.6. The van der Waals surface area contributed by atoms with E-state index in [0.717, 1.165) is 49.0 Å². The van der Waals surface area contributed by atoms with Crippen molar-refractivity contribution < 1.29 is 19.1 Å². The zero-order valence-electron chi connectivity index (χ0n) is 21.5. The standard InChI is InChI=1S/C28H40N2O4S/c1-4-5-13-27(31)30(23-10-7-6-8-11-23)21-28(32)29(20-24-12-9-18-35-24)17-16-22-14-15-25(33-2)26(19-22)34-3/h9,12,14-15,18-19,23H,4-8,10-11,13,16-17,20-21H2,1-3H3. The number of carbonyl (C=O) groups excluding carboxylic acids is 2. The molecule has 35 heavy (non-hydrogen) atoms. The minimum absolute atomic E-state index is 0.0225. The molecule has 0 bridgehead atoms. The van der Waals surface area contributed by atoms with E-state index in [-0.39, 0.29) is 24.4 Å². The summed E-state index contributed by atoms with van der Waals surface area (Å²) in [5.74, 6) is 1.53. The summed E-state index contributed by atoms with van der Waals surface area (Å²) >= 11 is 1.65. The van der Waals surface area contributed by atoms with Gasteiger partial charge in [0, 0.05) is 23.9 Å². The molecule has 0 N–H and O–H groups in total. The molecule has 0 aliphatic heterocycles. The fourth-order valence-corrected chi connectivity index (χ4v) is 5.43. The number of thiophene rings is 1. The van der Waals surface area contributed by atoms with Crippen LogP contribution in [0.3, 0.4) is 0 Å². The topological polar surface area (TPSA) is 59.1 Å². The van der Waals surface area contributed by atoms with Gasteiger partial charge in [-0.3, -0.25) is 9.59 Å². The highest BCUT2D eigenvalue weighted by Crippen LogP contribution is 2.28. The lowest BCUT2D eigenvalue weighted by molar-refractivity contribution is -0.143. The Bertz CT molecular complexity index is 925. The van der Waals surface area contributed by atoms with E-state index < -0.39 is 0 Å². The molecule has 1 saturated carbocycles. The average molecular weight is 501 g/mol. The molecule has 2 amide bonds. The third-order valence-corrected chi connectivity index (χ3v) is 7.64. The summed E-state index contributed by atoms with van der Waals surface area (Å²) < 4.78 is 10.8. The first kappa shape index (κ1) is 27.1. The van der Waals surface area contributed by atoms with Crippen molar-refractivity contribution >= 4 is 23.2 Å². The van der Waals surface area contributed by atoms with E-state index in [1.807, 2.05) is 39.4 Å². The maximum atomic E-state index is 13.6. The van der Waals surface area contributed by atoms with Gasteiger partial charge in [0.1, 0.15) is 6.54 Å². The van der Waals surface area contributed by atoms with Crippen molar-refractivity contribution in [1.82, 2.24) is 9.80 Å². The second-order valence-electron chi connectivity index (χ2n) is 9.25. The van der Waals surface area contributed by atoms with Crippen LogP contribution in [-0.4, -0.2) is 55.0 Å². The van der Waals surface area contributed by atoms with Crippen molar-refractivity contribution in [2.75, 3.05) is 27.3 Å². The van der Waals surface area contributed by atoms with Crippen LogP contribution >= 0.6 is 11.3 Å². The molecule has 0 atom stereocenters. The summed E-state index contributed by atoms with van der Waals surface area (Å²) in [7, 11) is 3.25. The number of unbranched alkanes of at least 4 members (excludes halogenated alkanes) is 1. The summed E-state index contributed by atoms with van der Waals surface area (Å²) in [6.45, 7) is 3.41. The van der Waals surface area contributed by atoms with Gasteiger partial charge >= 0.3 is 0 Å². The molecule has 192 valence electrons. The highest BCUT2D eigenvalue weighted by Gasteiger charge is 2.28. The van der Waals surface area contributed by atoms with E-state index >= 15 is 0 Å². The quantitative estimate of drug-likeness (QED) is 0.355. The van der Waals surface area contributed by atoms with Gasteiger partial charge in [-0.05, 0) is 54.8 Å². The van der Waals surface area contributed by atoms with Gasteiger partial charge in [0.2, 0.25) is 11.8 Å². The summed E-state index contributed by atoms with van der Waals surface area (Å²) in [5.41, 5.74) is 1.08. The first-order valence-electron chi connectivity index (χ1n) is 12.9. The Morgan fingerprint density at radius 3 is 2.46 bits per heavy atom. The molecular weight excluding hydrogens is 460 g/mol.